The van der Waals surface area contributed by atoms with Crippen molar-refractivity contribution in [3.05, 3.63) is 29.3 Å². The topological polar surface area (TPSA) is 29.5 Å². The molecule has 0 aliphatic heterocycles. The predicted octanol–water partition coefficient (Wildman–Crippen LogP) is 2.88. The molecule has 0 heterocycles. The van der Waals surface area contributed by atoms with Crippen molar-refractivity contribution in [3.63, 3.8) is 0 Å². The van der Waals surface area contributed by atoms with Crippen molar-refractivity contribution in [1.29, 1.82) is 0 Å². The molecule has 0 unspecified atom stereocenters. The van der Waals surface area contributed by atoms with Gasteiger partial charge in [0.05, 0.1) is 12.7 Å². The summed E-state index contributed by atoms with van der Waals surface area (Å²) in [4.78, 5) is 14.0. The van der Waals surface area contributed by atoms with E-state index in [9.17, 15) is 4.79 Å². The summed E-state index contributed by atoms with van der Waals surface area (Å²) in [6.45, 7) is 4.88. The first-order chi connectivity index (χ1) is 8.10. The smallest absolute Gasteiger partial charge is 0.257 e. The highest BCUT2D eigenvalue weighted by Crippen LogP contribution is 2.21. The molecule has 1 amide bonds. The molecule has 0 aromatic heterocycles. The van der Waals surface area contributed by atoms with Crippen LogP contribution in [-0.4, -0.2) is 31.5 Å². The second kappa shape index (κ2) is 6.28. The Morgan fingerprint density at radius 1 is 1.41 bits per heavy atom. The van der Waals surface area contributed by atoms with Crippen LogP contribution in [0.25, 0.3) is 0 Å². The zero-order valence-corrected chi connectivity index (χ0v) is 11.1. The van der Waals surface area contributed by atoms with E-state index in [1.54, 1.807) is 12.0 Å². The Morgan fingerprint density at radius 2 is 2.12 bits per heavy atom. The Morgan fingerprint density at radius 3 is 2.71 bits per heavy atom. The van der Waals surface area contributed by atoms with Crippen molar-refractivity contribution in [2.24, 2.45) is 0 Å². The lowest BCUT2D eigenvalue weighted by atomic mass is 10.1. The molecule has 0 bridgehead atoms. The number of methoxy groups -OCH3 is 1. The number of ether oxygens (including phenoxy) is 1. The summed E-state index contributed by atoms with van der Waals surface area (Å²) < 4.78 is 5.23. The lowest BCUT2D eigenvalue weighted by Crippen LogP contribution is -2.28. The largest absolute Gasteiger partial charge is 0.496 e. The number of amides is 1. The molecular formula is C14H21NO2. The van der Waals surface area contributed by atoms with Crippen molar-refractivity contribution < 1.29 is 9.53 Å². The zero-order valence-electron chi connectivity index (χ0n) is 11.1. The Labute approximate surface area is 103 Å². The molecule has 94 valence electrons. The molecule has 3 heteroatoms. The summed E-state index contributed by atoms with van der Waals surface area (Å²) in [7, 11) is 3.42. The van der Waals surface area contributed by atoms with Crippen LogP contribution in [0.2, 0.25) is 0 Å². The maximum Gasteiger partial charge on any atom is 0.257 e. The number of rotatable bonds is 5. The molecular weight excluding hydrogens is 214 g/mol. The highest BCUT2D eigenvalue weighted by molar-refractivity contribution is 5.97. The fourth-order valence-electron chi connectivity index (χ4n) is 1.69. The van der Waals surface area contributed by atoms with Gasteiger partial charge in [0.25, 0.3) is 5.91 Å². The summed E-state index contributed by atoms with van der Waals surface area (Å²) in [6.07, 6.45) is 2.11. The monoisotopic (exact) mass is 235 g/mol. The van der Waals surface area contributed by atoms with Crippen molar-refractivity contribution in [1.82, 2.24) is 4.90 Å². The third-order valence-corrected chi connectivity index (χ3v) is 2.78. The fourth-order valence-corrected chi connectivity index (χ4v) is 1.69. The molecule has 17 heavy (non-hydrogen) atoms. The van der Waals surface area contributed by atoms with Gasteiger partial charge in [0.1, 0.15) is 5.75 Å². The third kappa shape index (κ3) is 3.48. The summed E-state index contributed by atoms with van der Waals surface area (Å²) in [6, 6.07) is 5.67. The van der Waals surface area contributed by atoms with E-state index in [1.807, 2.05) is 32.2 Å². The fraction of sp³-hybridized carbons (Fsp3) is 0.500. The summed E-state index contributed by atoms with van der Waals surface area (Å²) in [5.41, 5.74) is 1.71. The van der Waals surface area contributed by atoms with E-state index in [2.05, 4.69) is 6.92 Å². The molecule has 0 saturated carbocycles. The summed E-state index contributed by atoms with van der Waals surface area (Å²) in [5, 5.41) is 0. The van der Waals surface area contributed by atoms with Gasteiger partial charge in [-0.1, -0.05) is 25.0 Å². The molecule has 0 radical (unpaired) electrons. The SMILES string of the molecule is CCCCN(C)C(=O)c1cc(C)ccc1OC. The number of carbonyl (C=O) groups is 1. The van der Waals surface area contributed by atoms with Gasteiger partial charge in [0.15, 0.2) is 0 Å². The van der Waals surface area contributed by atoms with Crippen LogP contribution >= 0.6 is 0 Å². The Balaban J connectivity index is 2.90. The van der Waals surface area contributed by atoms with E-state index < -0.39 is 0 Å². The van der Waals surface area contributed by atoms with Crippen LogP contribution in [0, 0.1) is 6.92 Å². The van der Waals surface area contributed by atoms with Crippen molar-refractivity contribution in [3.8, 4) is 5.75 Å². The van der Waals surface area contributed by atoms with Crippen LogP contribution in [0.15, 0.2) is 18.2 Å². The third-order valence-electron chi connectivity index (χ3n) is 2.78. The van der Waals surface area contributed by atoms with Gasteiger partial charge < -0.3 is 9.64 Å². The number of nitrogens with zero attached hydrogens (tertiary/aromatic N) is 1. The van der Waals surface area contributed by atoms with Crippen LogP contribution in [-0.2, 0) is 0 Å². The van der Waals surface area contributed by atoms with Crippen LogP contribution < -0.4 is 4.74 Å². The average molecular weight is 235 g/mol. The van der Waals surface area contributed by atoms with Gasteiger partial charge in [0, 0.05) is 13.6 Å². The van der Waals surface area contributed by atoms with Crippen LogP contribution in [0.4, 0.5) is 0 Å². The molecule has 0 atom stereocenters. The maximum atomic E-state index is 12.2. The second-order valence-corrected chi connectivity index (χ2v) is 4.28. The lowest BCUT2D eigenvalue weighted by Gasteiger charge is -2.18. The van der Waals surface area contributed by atoms with E-state index in [0.29, 0.717) is 11.3 Å². The first-order valence-electron chi connectivity index (χ1n) is 6.00. The van der Waals surface area contributed by atoms with Crippen molar-refractivity contribution >= 4 is 5.91 Å². The summed E-state index contributed by atoms with van der Waals surface area (Å²) >= 11 is 0. The van der Waals surface area contributed by atoms with Crippen LogP contribution in [0.1, 0.15) is 35.7 Å². The predicted molar refractivity (Wildman–Crippen MR) is 69.6 cm³/mol. The number of hydrogen-bond acceptors (Lipinski definition) is 2. The molecule has 1 aromatic rings. The van der Waals surface area contributed by atoms with Gasteiger partial charge in [-0.3, -0.25) is 4.79 Å². The van der Waals surface area contributed by atoms with E-state index in [4.69, 9.17) is 4.74 Å². The molecule has 3 nitrogen and oxygen atoms in total. The number of unbranched alkanes of at least 4 members (excludes halogenated alkanes) is 1. The lowest BCUT2D eigenvalue weighted by molar-refractivity contribution is 0.0790. The first kappa shape index (κ1) is 13.6. The Bertz CT molecular complexity index is 388. The molecule has 0 fully saturated rings. The average Bonchev–Trinajstić information content (AvgIpc) is 2.34. The standard InChI is InChI=1S/C14H21NO2/c1-5-6-9-15(3)14(16)12-10-11(2)7-8-13(12)17-4/h7-8,10H,5-6,9H2,1-4H3. The van der Waals surface area contributed by atoms with E-state index in [0.717, 1.165) is 24.9 Å². The highest BCUT2D eigenvalue weighted by atomic mass is 16.5. The molecule has 0 spiro atoms. The maximum absolute atomic E-state index is 12.2. The second-order valence-electron chi connectivity index (χ2n) is 4.28. The number of aryl methyl sites for hydroxylation is 1. The Kier molecular flexibility index (Phi) is 5.01. The molecule has 1 aromatic carbocycles. The molecule has 0 aliphatic carbocycles. The first-order valence-corrected chi connectivity index (χ1v) is 6.00. The molecule has 1 rings (SSSR count). The van der Waals surface area contributed by atoms with Crippen molar-refractivity contribution in [2.45, 2.75) is 26.7 Å². The van der Waals surface area contributed by atoms with E-state index >= 15 is 0 Å². The number of hydrogen-bond donors (Lipinski definition) is 0. The van der Waals surface area contributed by atoms with Gasteiger partial charge in [-0.2, -0.15) is 0 Å². The molecule has 0 saturated heterocycles. The minimum absolute atomic E-state index is 0.0269. The van der Waals surface area contributed by atoms with Crippen LogP contribution in [0.3, 0.4) is 0 Å². The van der Waals surface area contributed by atoms with Gasteiger partial charge in [0.2, 0.25) is 0 Å². The zero-order chi connectivity index (χ0) is 12.8. The Hall–Kier alpha value is -1.51. The molecule has 0 aliphatic rings. The van der Waals surface area contributed by atoms with Crippen molar-refractivity contribution in [2.75, 3.05) is 20.7 Å². The van der Waals surface area contributed by atoms with Gasteiger partial charge in [-0.05, 0) is 25.5 Å². The minimum Gasteiger partial charge on any atom is -0.496 e. The van der Waals surface area contributed by atoms with Gasteiger partial charge >= 0.3 is 0 Å². The minimum atomic E-state index is 0.0269. The van der Waals surface area contributed by atoms with E-state index in [1.165, 1.54) is 0 Å². The quantitative estimate of drug-likeness (QED) is 0.785. The highest BCUT2D eigenvalue weighted by Gasteiger charge is 2.16. The van der Waals surface area contributed by atoms with E-state index in [-0.39, 0.29) is 5.91 Å². The van der Waals surface area contributed by atoms with Crippen LogP contribution in [0.5, 0.6) is 5.75 Å². The van der Waals surface area contributed by atoms with Gasteiger partial charge in [-0.15, -0.1) is 0 Å². The molecule has 0 N–H and O–H groups in total. The number of carbonyl (C=O) groups excluding carboxylic acids is 1. The summed E-state index contributed by atoms with van der Waals surface area (Å²) in [5.74, 6) is 0.669. The normalized spacial score (nSPS) is 10.1. The van der Waals surface area contributed by atoms with Gasteiger partial charge in [-0.25, -0.2) is 0 Å². The number of benzene rings is 1.